The predicted molar refractivity (Wildman–Crippen MR) is 107 cm³/mol. The summed E-state index contributed by atoms with van der Waals surface area (Å²) in [7, 11) is 2.12. The Labute approximate surface area is 159 Å². The van der Waals surface area contributed by atoms with Crippen LogP contribution in [0.5, 0.6) is 0 Å². The number of aryl methyl sites for hydroxylation is 1. The van der Waals surface area contributed by atoms with Gasteiger partial charge in [0.05, 0.1) is 4.92 Å². The minimum Gasteiger partial charge on any atom is -0.299 e. The van der Waals surface area contributed by atoms with E-state index in [1.165, 1.54) is 16.2 Å². The normalized spacial score (nSPS) is 19.2. The van der Waals surface area contributed by atoms with E-state index in [0.717, 1.165) is 31.7 Å². The summed E-state index contributed by atoms with van der Waals surface area (Å²) in [5, 5.41) is 11.0. The van der Waals surface area contributed by atoms with E-state index in [2.05, 4.69) is 42.8 Å². The van der Waals surface area contributed by atoms with Crippen LogP contribution in [0.15, 0.2) is 36.4 Å². The molecule has 1 aromatic heterocycles. The number of rotatable bonds is 7. The number of hydrogen-bond donors (Lipinski definition) is 0. The third-order valence-corrected chi connectivity index (χ3v) is 6.30. The smallest absolute Gasteiger partial charge is 0.269 e. The molecule has 1 aliphatic rings. The molecular formula is C20H27N3O2S. The van der Waals surface area contributed by atoms with Gasteiger partial charge < -0.3 is 0 Å². The molecule has 2 atom stereocenters. The fourth-order valence-corrected chi connectivity index (χ4v) is 4.65. The van der Waals surface area contributed by atoms with E-state index in [1.54, 1.807) is 18.2 Å². The standard InChI is InChI=1S/C20H27N3O2S/c1-15-7-8-20(26-15)14-22-10-9-17(13-22)12-21(3)16(2)18-5-4-6-19(11-18)23(24)25/h4-8,11,16-17H,9-10,12-14H2,1-3H3. The zero-order valence-electron chi connectivity index (χ0n) is 15.7. The molecule has 6 heteroatoms. The SMILES string of the molecule is Cc1ccc(CN2CCC(CN(C)C(C)c3cccc([N+](=O)[O-])c3)C2)s1. The van der Waals surface area contributed by atoms with Crippen LogP contribution in [-0.2, 0) is 6.54 Å². The molecule has 5 nitrogen and oxygen atoms in total. The van der Waals surface area contributed by atoms with Gasteiger partial charge in [0.2, 0.25) is 0 Å². The minimum atomic E-state index is -0.322. The van der Waals surface area contributed by atoms with E-state index in [1.807, 2.05) is 17.4 Å². The van der Waals surface area contributed by atoms with Gasteiger partial charge in [0.15, 0.2) is 0 Å². The van der Waals surface area contributed by atoms with Gasteiger partial charge in [0, 0.05) is 47.6 Å². The summed E-state index contributed by atoms with van der Waals surface area (Å²) in [6.45, 7) is 8.64. The molecule has 0 aliphatic carbocycles. The molecule has 1 aliphatic heterocycles. The molecular weight excluding hydrogens is 346 g/mol. The number of nitro benzene ring substituents is 1. The van der Waals surface area contributed by atoms with Gasteiger partial charge in [-0.1, -0.05) is 12.1 Å². The highest BCUT2D eigenvalue weighted by Gasteiger charge is 2.25. The molecule has 0 saturated carbocycles. The lowest BCUT2D eigenvalue weighted by molar-refractivity contribution is -0.384. The van der Waals surface area contributed by atoms with Gasteiger partial charge in [-0.3, -0.25) is 19.9 Å². The Hall–Kier alpha value is -1.76. The topological polar surface area (TPSA) is 49.6 Å². The maximum atomic E-state index is 11.0. The van der Waals surface area contributed by atoms with Crippen LogP contribution in [0.25, 0.3) is 0 Å². The van der Waals surface area contributed by atoms with E-state index in [0.29, 0.717) is 5.92 Å². The molecule has 0 bridgehead atoms. The average Bonchev–Trinajstić information content (AvgIpc) is 3.23. The second kappa shape index (κ2) is 8.29. The number of hydrogen-bond acceptors (Lipinski definition) is 5. The van der Waals surface area contributed by atoms with Crippen LogP contribution in [0.1, 0.15) is 34.7 Å². The molecule has 0 radical (unpaired) electrons. The summed E-state index contributed by atoms with van der Waals surface area (Å²) in [6.07, 6.45) is 1.22. The van der Waals surface area contributed by atoms with Crippen LogP contribution in [-0.4, -0.2) is 41.4 Å². The van der Waals surface area contributed by atoms with Crippen molar-refractivity contribution in [3.8, 4) is 0 Å². The first kappa shape index (κ1) is 19.0. The molecule has 2 unspecified atom stereocenters. The van der Waals surface area contributed by atoms with Crippen molar-refractivity contribution in [3.63, 3.8) is 0 Å². The molecule has 26 heavy (non-hydrogen) atoms. The molecule has 3 rings (SSSR count). The fourth-order valence-electron chi connectivity index (χ4n) is 3.71. The van der Waals surface area contributed by atoms with Gasteiger partial charge in [0.1, 0.15) is 0 Å². The molecule has 2 aromatic rings. The number of nitro groups is 1. The third kappa shape index (κ3) is 4.69. The first-order valence-corrected chi connectivity index (χ1v) is 9.96. The van der Waals surface area contributed by atoms with Crippen molar-refractivity contribution in [2.75, 3.05) is 26.7 Å². The summed E-state index contributed by atoms with van der Waals surface area (Å²) in [5.41, 5.74) is 1.17. The first-order chi connectivity index (χ1) is 12.4. The van der Waals surface area contributed by atoms with Crippen LogP contribution in [0.4, 0.5) is 5.69 Å². The summed E-state index contributed by atoms with van der Waals surface area (Å²) < 4.78 is 0. The summed E-state index contributed by atoms with van der Waals surface area (Å²) in [4.78, 5) is 18.4. The number of non-ortho nitro benzene ring substituents is 1. The molecule has 2 heterocycles. The van der Waals surface area contributed by atoms with E-state index in [4.69, 9.17) is 0 Å². The van der Waals surface area contributed by atoms with Crippen molar-refractivity contribution in [3.05, 3.63) is 61.8 Å². The Bertz CT molecular complexity index is 761. The van der Waals surface area contributed by atoms with Crippen LogP contribution in [0.3, 0.4) is 0 Å². The molecule has 1 saturated heterocycles. The monoisotopic (exact) mass is 373 g/mol. The highest BCUT2D eigenvalue weighted by Crippen LogP contribution is 2.27. The van der Waals surface area contributed by atoms with Crippen molar-refractivity contribution in [2.24, 2.45) is 5.92 Å². The molecule has 1 aromatic carbocycles. The fraction of sp³-hybridized carbons (Fsp3) is 0.500. The van der Waals surface area contributed by atoms with Crippen molar-refractivity contribution in [1.29, 1.82) is 0 Å². The third-order valence-electron chi connectivity index (χ3n) is 5.32. The Balaban J connectivity index is 1.54. The Morgan fingerprint density at radius 2 is 2.19 bits per heavy atom. The number of thiophene rings is 1. The van der Waals surface area contributed by atoms with E-state index < -0.39 is 0 Å². The summed E-state index contributed by atoms with van der Waals surface area (Å²) in [6, 6.07) is 11.6. The van der Waals surface area contributed by atoms with Gasteiger partial charge in [-0.25, -0.2) is 0 Å². The Kier molecular flexibility index (Phi) is 6.06. The van der Waals surface area contributed by atoms with Crippen LogP contribution in [0, 0.1) is 23.0 Å². The van der Waals surface area contributed by atoms with E-state index >= 15 is 0 Å². The van der Waals surface area contributed by atoms with E-state index in [9.17, 15) is 10.1 Å². The first-order valence-electron chi connectivity index (χ1n) is 9.14. The lowest BCUT2D eigenvalue weighted by Crippen LogP contribution is -2.30. The average molecular weight is 374 g/mol. The second-order valence-corrected chi connectivity index (χ2v) is 8.74. The zero-order chi connectivity index (χ0) is 18.7. The number of nitrogens with zero attached hydrogens (tertiary/aromatic N) is 3. The lowest BCUT2D eigenvalue weighted by Gasteiger charge is -2.27. The minimum absolute atomic E-state index is 0.168. The van der Waals surface area contributed by atoms with Gasteiger partial charge in [-0.15, -0.1) is 11.3 Å². The Morgan fingerprint density at radius 1 is 1.38 bits per heavy atom. The van der Waals surface area contributed by atoms with Gasteiger partial charge in [-0.05, 0) is 57.5 Å². The highest BCUT2D eigenvalue weighted by molar-refractivity contribution is 7.11. The van der Waals surface area contributed by atoms with Crippen LogP contribution >= 0.6 is 11.3 Å². The quantitative estimate of drug-likeness (QED) is 0.530. The predicted octanol–water partition coefficient (Wildman–Crippen LogP) is 4.48. The van der Waals surface area contributed by atoms with E-state index in [-0.39, 0.29) is 16.7 Å². The summed E-state index contributed by atoms with van der Waals surface area (Å²) >= 11 is 1.89. The maximum Gasteiger partial charge on any atom is 0.269 e. The molecule has 0 amide bonds. The Morgan fingerprint density at radius 3 is 2.88 bits per heavy atom. The number of likely N-dealkylation sites (tertiary alicyclic amines) is 1. The largest absolute Gasteiger partial charge is 0.299 e. The highest BCUT2D eigenvalue weighted by atomic mass is 32.1. The lowest BCUT2D eigenvalue weighted by atomic mass is 10.0. The summed E-state index contributed by atoms with van der Waals surface area (Å²) in [5.74, 6) is 0.655. The zero-order valence-corrected chi connectivity index (χ0v) is 16.5. The van der Waals surface area contributed by atoms with Crippen molar-refractivity contribution < 1.29 is 4.92 Å². The van der Waals surface area contributed by atoms with Crippen molar-refractivity contribution >= 4 is 17.0 Å². The van der Waals surface area contributed by atoms with Crippen LogP contribution < -0.4 is 0 Å². The molecule has 140 valence electrons. The van der Waals surface area contributed by atoms with Gasteiger partial charge in [0.25, 0.3) is 5.69 Å². The second-order valence-electron chi connectivity index (χ2n) is 7.37. The molecule has 1 fully saturated rings. The van der Waals surface area contributed by atoms with Gasteiger partial charge in [-0.2, -0.15) is 0 Å². The van der Waals surface area contributed by atoms with Gasteiger partial charge >= 0.3 is 0 Å². The number of benzene rings is 1. The van der Waals surface area contributed by atoms with Crippen LogP contribution in [0.2, 0.25) is 0 Å². The molecule has 0 N–H and O–H groups in total. The van der Waals surface area contributed by atoms with Crippen molar-refractivity contribution in [2.45, 2.75) is 32.9 Å². The molecule has 0 spiro atoms. The maximum absolute atomic E-state index is 11.0. The van der Waals surface area contributed by atoms with Crippen molar-refractivity contribution in [1.82, 2.24) is 9.80 Å².